The van der Waals surface area contributed by atoms with Gasteiger partial charge in [0.25, 0.3) is 5.91 Å². The number of halogens is 2. The number of aromatic nitrogens is 3. The largest absolute Gasteiger partial charge is 0.355 e. The highest BCUT2D eigenvalue weighted by Crippen LogP contribution is 2.25. The third kappa shape index (κ3) is 4.06. The van der Waals surface area contributed by atoms with E-state index in [0.29, 0.717) is 24.6 Å². The number of nitrogens with zero attached hydrogens (tertiary/aromatic N) is 4. The lowest BCUT2D eigenvalue weighted by Gasteiger charge is -2.31. The van der Waals surface area contributed by atoms with E-state index < -0.39 is 11.6 Å². The lowest BCUT2D eigenvalue weighted by atomic mass is 9.96. The second-order valence-electron chi connectivity index (χ2n) is 7.55. The van der Waals surface area contributed by atoms with Crippen LogP contribution < -0.4 is 0 Å². The van der Waals surface area contributed by atoms with Gasteiger partial charge in [-0.15, -0.1) is 0 Å². The molecule has 1 saturated heterocycles. The Morgan fingerprint density at radius 1 is 1.14 bits per heavy atom. The third-order valence-electron chi connectivity index (χ3n) is 5.37. The molecule has 0 spiro atoms. The lowest BCUT2D eigenvalue weighted by Crippen LogP contribution is -2.39. The van der Waals surface area contributed by atoms with Crippen molar-refractivity contribution in [2.45, 2.75) is 33.2 Å². The molecule has 0 atom stereocenters. The molecule has 0 saturated carbocycles. The summed E-state index contributed by atoms with van der Waals surface area (Å²) in [5.41, 5.74) is 2.66. The minimum Gasteiger partial charge on any atom is -0.355 e. The number of likely N-dealkylation sites (tertiary alicyclic amines) is 1. The van der Waals surface area contributed by atoms with Gasteiger partial charge in [0.15, 0.2) is 23.1 Å². The second-order valence-corrected chi connectivity index (χ2v) is 7.55. The van der Waals surface area contributed by atoms with E-state index in [1.807, 2.05) is 18.5 Å². The van der Waals surface area contributed by atoms with Crippen LogP contribution in [-0.4, -0.2) is 38.8 Å². The van der Waals surface area contributed by atoms with Crippen molar-refractivity contribution in [3.8, 4) is 11.3 Å². The highest BCUT2D eigenvalue weighted by Gasteiger charge is 2.26. The van der Waals surface area contributed by atoms with E-state index in [-0.39, 0.29) is 17.4 Å². The van der Waals surface area contributed by atoms with Crippen molar-refractivity contribution >= 4 is 5.91 Å². The first-order valence-corrected chi connectivity index (χ1v) is 9.63. The number of carbonyl (C=O) groups excluding carboxylic acids is 1. The first-order chi connectivity index (χ1) is 13.9. The summed E-state index contributed by atoms with van der Waals surface area (Å²) in [6, 6.07) is 6.96. The van der Waals surface area contributed by atoms with Crippen LogP contribution in [0.3, 0.4) is 0 Å². The number of carbonyl (C=O) groups is 1. The van der Waals surface area contributed by atoms with Gasteiger partial charge in [-0.1, -0.05) is 5.16 Å². The minimum atomic E-state index is -0.975. The quantitative estimate of drug-likeness (QED) is 0.664. The molecule has 1 fully saturated rings. The number of piperidine rings is 1. The topological polar surface area (TPSA) is 64.2 Å². The number of rotatable bonds is 4. The molecule has 3 aromatic rings. The number of hydrogen-bond acceptors (Lipinski definition) is 4. The number of hydrogen-bond donors (Lipinski definition) is 0. The molecule has 1 amide bonds. The first kappa shape index (κ1) is 19.3. The summed E-state index contributed by atoms with van der Waals surface area (Å²) in [5, 5.41) is 8.34. The van der Waals surface area contributed by atoms with Crippen molar-refractivity contribution in [3.05, 3.63) is 59.0 Å². The molecule has 8 heteroatoms. The maximum Gasteiger partial charge on any atom is 0.276 e. The molecule has 1 aromatic carbocycles. The lowest BCUT2D eigenvalue weighted by molar-refractivity contribution is 0.0670. The highest BCUT2D eigenvalue weighted by molar-refractivity contribution is 5.93. The summed E-state index contributed by atoms with van der Waals surface area (Å²) in [7, 11) is 0. The normalized spacial score (nSPS) is 15.1. The summed E-state index contributed by atoms with van der Waals surface area (Å²) in [4.78, 5) is 14.5. The molecule has 0 unspecified atom stereocenters. The van der Waals surface area contributed by atoms with Crippen molar-refractivity contribution < 1.29 is 18.1 Å². The number of aryl methyl sites for hydroxylation is 2. The van der Waals surface area contributed by atoms with E-state index in [1.54, 1.807) is 4.90 Å². The molecule has 4 rings (SSSR count). The molecule has 152 valence electrons. The molecule has 0 aliphatic carbocycles. The maximum absolute atomic E-state index is 13.4. The SMILES string of the molecule is Cc1cc(C)n(CC2CCN(C(=O)c3cc(-c4ccc(F)c(F)c4)on3)CC2)n1. The Kier molecular flexibility index (Phi) is 5.17. The Morgan fingerprint density at radius 3 is 2.55 bits per heavy atom. The summed E-state index contributed by atoms with van der Waals surface area (Å²) in [6.07, 6.45) is 1.77. The molecule has 2 aromatic heterocycles. The van der Waals surface area contributed by atoms with Gasteiger partial charge in [-0.3, -0.25) is 9.48 Å². The number of amides is 1. The first-order valence-electron chi connectivity index (χ1n) is 9.63. The maximum atomic E-state index is 13.4. The highest BCUT2D eigenvalue weighted by atomic mass is 19.2. The van der Waals surface area contributed by atoms with E-state index in [0.717, 1.165) is 42.9 Å². The van der Waals surface area contributed by atoms with Crippen LogP contribution in [0, 0.1) is 31.4 Å². The average Bonchev–Trinajstić information content (AvgIpc) is 3.31. The summed E-state index contributed by atoms with van der Waals surface area (Å²) >= 11 is 0. The molecule has 6 nitrogen and oxygen atoms in total. The number of benzene rings is 1. The van der Waals surface area contributed by atoms with E-state index in [9.17, 15) is 13.6 Å². The van der Waals surface area contributed by atoms with Crippen LogP contribution >= 0.6 is 0 Å². The van der Waals surface area contributed by atoms with Gasteiger partial charge in [-0.2, -0.15) is 5.10 Å². The van der Waals surface area contributed by atoms with Crippen LogP contribution in [0.4, 0.5) is 8.78 Å². The van der Waals surface area contributed by atoms with Crippen molar-refractivity contribution in [2.24, 2.45) is 5.92 Å². The van der Waals surface area contributed by atoms with Crippen molar-refractivity contribution in [3.63, 3.8) is 0 Å². The Balaban J connectivity index is 1.38. The van der Waals surface area contributed by atoms with Gasteiger partial charge in [0, 0.05) is 37.0 Å². The van der Waals surface area contributed by atoms with Gasteiger partial charge in [0.05, 0.1) is 5.69 Å². The fourth-order valence-electron chi connectivity index (χ4n) is 3.75. The van der Waals surface area contributed by atoms with Crippen LogP contribution in [0.2, 0.25) is 0 Å². The van der Waals surface area contributed by atoms with Gasteiger partial charge < -0.3 is 9.42 Å². The summed E-state index contributed by atoms with van der Waals surface area (Å²) in [6.45, 7) is 6.16. The summed E-state index contributed by atoms with van der Waals surface area (Å²) in [5.74, 6) is -1.43. The molecule has 0 bridgehead atoms. The van der Waals surface area contributed by atoms with E-state index in [2.05, 4.69) is 16.3 Å². The van der Waals surface area contributed by atoms with Gasteiger partial charge in [-0.05, 0) is 56.9 Å². The molecular formula is C21H22F2N4O2. The Morgan fingerprint density at radius 2 is 1.90 bits per heavy atom. The summed E-state index contributed by atoms with van der Waals surface area (Å²) < 4.78 is 33.7. The average molecular weight is 400 g/mol. The fourth-order valence-corrected chi connectivity index (χ4v) is 3.75. The van der Waals surface area contributed by atoms with Crippen LogP contribution in [0.15, 0.2) is 34.9 Å². The second kappa shape index (κ2) is 7.77. The van der Waals surface area contributed by atoms with Crippen LogP contribution in [-0.2, 0) is 6.54 Å². The zero-order chi connectivity index (χ0) is 20.5. The molecular weight excluding hydrogens is 378 g/mol. The predicted molar refractivity (Wildman–Crippen MR) is 102 cm³/mol. The molecule has 0 radical (unpaired) electrons. The Bertz CT molecular complexity index is 1040. The monoisotopic (exact) mass is 400 g/mol. The third-order valence-corrected chi connectivity index (χ3v) is 5.37. The van der Waals surface area contributed by atoms with Crippen LogP contribution in [0.25, 0.3) is 11.3 Å². The Labute approximate surface area is 167 Å². The van der Waals surface area contributed by atoms with E-state index in [1.165, 1.54) is 12.1 Å². The fraction of sp³-hybridized carbons (Fsp3) is 0.381. The standard InChI is InChI=1S/C21H22F2N4O2/c1-13-9-14(2)27(24-13)12-15-5-7-26(8-6-15)21(28)19-11-20(29-25-19)16-3-4-17(22)18(23)10-16/h3-4,9-11,15H,5-8,12H2,1-2H3. The van der Waals surface area contributed by atoms with Gasteiger partial charge >= 0.3 is 0 Å². The van der Waals surface area contributed by atoms with E-state index >= 15 is 0 Å². The van der Waals surface area contributed by atoms with E-state index in [4.69, 9.17) is 4.52 Å². The van der Waals surface area contributed by atoms with Crippen molar-refractivity contribution in [1.82, 2.24) is 19.8 Å². The molecule has 29 heavy (non-hydrogen) atoms. The van der Waals surface area contributed by atoms with Crippen molar-refractivity contribution in [2.75, 3.05) is 13.1 Å². The minimum absolute atomic E-state index is 0.168. The molecule has 0 N–H and O–H groups in total. The zero-order valence-corrected chi connectivity index (χ0v) is 16.4. The smallest absolute Gasteiger partial charge is 0.276 e. The van der Waals surface area contributed by atoms with Crippen molar-refractivity contribution in [1.29, 1.82) is 0 Å². The van der Waals surface area contributed by atoms with Gasteiger partial charge in [-0.25, -0.2) is 8.78 Å². The molecule has 1 aliphatic rings. The molecule has 1 aliphatic heterocycles. The van der Waals surface area contributed by atoms with Crippen LogP contribution in [0.1, 0.15) is 34.7 Å². The molecule has 3 heterocycles. The zero-order valence-electron chi connectivity index (χ0n) is 16.4. The van der Waals surface area contributed by atoms with Gasteiger partial charge in [0.2, 0.25) is 0 Å². The Hall–Kier alpha value is -3.03. The predicted octanol–water partition coefficient (Wildman–Crippen LogP) is 3.99. The van der Waals surface area contributed by atoms with Gasteiger partial charge in [0.1, 0.15) is 0 Å². The van der Waals surface area contributed by atoms with Crippen LogP contribution in [0.5, 0.6) is 0 Å².